The molecule has 110 valence electrons. The number of carbonyl (C=O) groups is 1. The lowest BCUT2D eigenvalue weighted by Gasteiger charge is -2.21. The van der Waals surface area contributed by atoms with E-state index in [-0.39, 0.29) is 6.10 Å². The Bertz CT molecular complexity index is 615. The summed E-state index contributed by atoms with van der Waals surface area (Å²) in [6.07, 6.45) is 3.13. The normalized spacial score (nSPS) is 15.8. The van der Waals surface area contributed by atoms with E-state index in [4.69, 9.17) is 15.2 Å². The van der Waals surface area contributed by atoms with Crippen LogP contribution in [0.25, 0.3) is 5.69 Å². The second kappa shape index (κ2) is 5.97. The van der Waals surface area contributed by atoms with Gasteiger partial charge in [0.1, 0.15) is 6.10 Å². The van der Waals surface area contributed by atoms with E-state index >= 15 is 0 Å². The van der Waals surface area contributed by atoms with Gasteiger partial charge in [-0.15, -0.1) is 0 Å². The molecule has 1 fully saturated rings. The van der Waals surface area contributed by atoms with E-state index in [2.05, 4.69) is 5.10 Å². The molecule has 0 aliphatic carbocycles. The molecular weight excluding hydrogens is 270 g/mol. The largest absolute Gasteiger partial charge is 0.457 e. The SMILES string of the molecule is Nc1ccc(-n2ccc(C(=O)OC3CCOCC3)n2)cc1. The second-order valence-corrected chi connectivity index (χ2v) is 4.95. The Hall–Kier alpha value is -2.34. The van der Waals surface area contributed by atoms with Gasteiger partial charge >= 0.3 is 5.97 Å². The highest BCUT2D eigenvalue weighted by molar-refractivity contribution is 5.87. The van der Waals surface area contributed by atoms with Crippen molar-refractivity contribution in [2.24, 2.45) is 0 Å². The second-order valence-electron chi connectivity index (χ2n) is 4.95. The van der Waals surface area contributed by atoms with E-state index in [0.717, 1.165) is 18.5 Å². The van der Waals surface area contributed by atoms with Crippen LogP contribution in [0.4, 0.5) is 5.69 Å². The summed E-state index contributed by atoms with van der Waals surface area (Å²) in [5.74, 6) is -0.393. The van der Waals surface area contributed by atoms with Crippen molar-refractivity contribution in [3.8, 4) is 5.69 Å². The predicted molar refractivity (Wildman–Crippen MR) is 77.2 cm³/mol. The van der Waals surface area contributed by atoms with Gasteiger partial charge in [0.25, 0.3) is 0 Å². The molecule has 0 saturated carbocycles. The summed E-state index contributed by atoms with van der Waals surface area (Å²) in [6.45, 7) is 1.27. The maximum Gasteiger partial charge on any atom is 0.359 e. The van der Waals surface area contributed by atoms with E-state index in [9.17, 15) is 4.79 Å². The summed E-state index contributed by atoms with van der Waals surface area (Å²) in [5, 5.41) is 4.25. The maximum absolute atomic E-state index is 12.1. The number of nitrogen functional groups attached to an aromatic ring is 1. The molecule has 0 spiro atoms. The first-order valence-electron chi connectivity index (χ1n) is 6.93. The van der Waals surface area contributed by atoms with Crippen molar-refractivity contribution in [1.29, 1.82) is 0 Å². The van der Waals surface area contributed by atoms with E-state index < -0.39 is 5.97 Å². The molecule has 6 heteroatoms. The molecule has 1 aromatic heterocycles. The molecule has 1 aliphatic rings. The van der Waals surface area contributed by atoms with Crippen molar-refractivity contribution in [3.63, 3.8) is 0 Å². The van der Waals surface area contributed by atoms with Gasteiger partial charge in [0.15, 0.2) is 5.69 Å². The van der Waals surface area contributed by atoms with Crippen LogP contribution < -0.4 is 5.73 Å². The molecule has 0 radical (unpaired) electrons. The fourth-order valence-electron chi connectivity index (χ4n) is 2.21. The van der Waals surface area contributed by atoms with Gasteiger partial charge < -0.3 is 15.2 Å². The number of aromatic nitrogens is 2. The van der Waals surface area contributed by atoms with Crippen LogP contribution in [0.5, 0.6) is 0 Å². The van der Waals surface area contributed by atoms with Gasteiger partial charge in [-0.3, -0.25) is 0 Å². The summed E-state index contributed by atoms with van der Waals surface area (Å²) in [4.78, 5) is 12.1. The number of nitrogens with two attached hydrogens (primary N) is 1. The minimum atomic E-state index is -0.393. The number of carbonyl (C=O) groups excluding carboxylic acids is 1. The number of hydrogen-bond donors (Lipinski definition) is 1. The quantitative estimate of drug-likeness (QED) is 0.687. The molecule has 1 aromatic carbocycles. The maximum atomic E-state index is 12.1. The Morgan fingerprint density at radius 1 is 1.24 bits per heavy atom. The van der Waals surface area contributed by atoms with Gasteiger partial charge in [-0.2, -0.15) is 5.10 Å². The van der Waals surface area contributed by atoms with Crippen molar-refractivity contribution >= 4 is 11.7 Å². The van der Waals surface area contributed by atoms with Crippen molar-refractivity contribution in [3.05, 3.63) is 42.2 Å². The average Bonchev–Trinajstić information content (AvgIpc) is 2.99. The Kier molecular flexibility index (Phi) is 3.87. The first-order chi connectivity index (χ1) is 10.2. The fraction of sp³-hybridized carbons (Fsp3) is 0.333. The molecule has 2 heterocycles. The minimum Gasteiger partial charge on any atom is -0.457 e. The lowest BCUT2D eigenvalue weighted by molar-refractivity contribution is -0.0163. The zero-order valence-corrected chi connectivity index (χ0v) is 11.6. The summed E-state index contributed by atoms with van der Waals surface area (Å²) < 4.78 is 12.3. The number of nitrogens with zero attached hydrogens (tertiary/aromatic N) is 2. The lowest BCUT2D eigenvalue weighted by atomic mass is 10.1. The van der Waals surface area contributed by atoms with Crippen LogP contribution >= 0.6 is 0 Å². The third-order valence-electron chi connectivity index (χ3n) is 3.40. The van der Waals surface area contributed by atoms with Gasteiger partial charge in [0.05, 0.1) is 18.9 Å². The number of rotatable bonds is 3. The first-order valence-corrected chi connectivity index (χ1v) is 6.93. The van der Waals surface area contributed by atoms with Crippen LogP contribution in [0.15, 0.2) is 36.5 Å². The van der Waals surface area contributed by atoms with Crippen LogP contribution in [-0.4, -0.2) is 35.1 Å². The van der Waals surface area contributed by atoms with Crippen LogP contribution in [-0.2, 0) is 9.47 Å². The molecule has 0 amide bonds. The minimum absolute atomic E-state index is 0.0760. The van der Waals surface area contributed by atoms with Crippen LogP contribution in [0.3, 0.4) is 0 Å². The summed E-state index contributed by atoms with van der Waals surface area (Å²) in [7, 11) is 0. The van der Waals surface area contributed by atoms with E-state index in [1.165, 1.54) is 0 Å². The van der Waals surface area contributed by atoms with Crippen molar-refractivity contribution in [2.75, 3.05) is 18.9 Å². The van der Waals surface area contributed by atoms with Gasteiger partial charge in [-0.1, -0.05) is 0 Å². The molecule has 3 rings (SSSR count). The number of benzene rings is 1. The molecule has 2 N–H and O–H groups in total. The molecule has 0 bridgehead atoms. The lowest BCUT2D eigenvalue weighted by Crippen LogP contribution is -2.26. The number of esters is 1. The number of hydrogen-bond acceptors (Lipinski definition) is 5. The highest BCUT2D eigenvalue weighted by Gasteiger charge is 2.20. The van der Waals surface area contributed by atoms with Crippen molar-refractivity contribution < 1.29 is 14.3 Å². The number of ether oxygens (including phenoxy) is 2. The van der Waals surface area contributed by atoms with Crippen molar-refractivity contribution in [2.45, 2.75) is 18.9 Å². The third-order valence-corrected chi connectivity index (χ3v) is 3.40. The molecule has 2 aromatic rings. The van der Waals surface area contributed by atoms with Gasteiger partial charge in [-0.05, 0) is 30.3 Å². The molecular formula is C15H17N3O3. The predicted octanol–water partition coefficient (Wildman–Crippen LogP) is 1.79. The van der Waals surface area contributed by atoms with E-state index in [0.29, 0.717) is 24.6 Å². The molecule has 1 aliphatic heterocycles. The average molecular weight is 287 g/mol. The highest BCUT2D eigenvalue weighted by Crippen LogP contribution is 2.14. The van der Waals surface area contributed by atoms with E-state index in [1.807, 2.05) is 12.1 Å². The zero-order valence-electron chi connectivity index (χ0n) is 11.6. The summed E-state index contributed by atoms with van der Waals surface area (Å²) in [5.41, 5.74) is 7.48. The topological polar surface area (TPSA) is 79.4 Å². The van der Waals surface area contributed by atoms with E-state index in [1.54, 1.807) is 29.1 Å². The molecule has 1 saturated heterocycles. The highest BCUT2D eigenvalue weighted by atomic mass is 16.6. The molecule has 21 heavy (non-hydrogen) atoms. The van der Waals surface area contributed by atoms with Gasteiger partial charge in [0.2, 0.25) is 0 Å². The Labute approximate surface area is 122 Å². The zero-order chi connectivity index (χ0) is 14.7. The monoisotopic (exact) mass is 287 g/mol. The summed E-state index contributed by atoms with van der Waals surface area (Å²) >= 11 is 0. The molecule has 6 nitrogen and oxygen atoms in total. The molecule has 0 atom stereocenters. The van der Waals surface area contributed by atoms with Gasteiger partial charge in [0, 0.05) is 24.7 Å². The summed E-state index contributed by atoms with van der Waals surface area (Å²) in [6, 6.07) is 8.91. The van der Waals surface area contributed by atoms with Gasteiger partial charge in [-0.25, -0.2) is 9.48 Å². The first kappa shape index (κ1) is 13.6. The third kappa shape index (κ3) is 3.22. The smallest absolute Gasteiger partial charge is 0.359 e. The number of anilines is 1. The van der Waals surface area contributed by atoms with Crippen LogP contribution in [0.1, 0.15) is 23.3 Å². The van der Waals surface area contributed by atoms with Crippen LogP contribution in [0, 0.1) is 0 Å². The Morgan fingerprint density at radius 2 is 1.95 bits per heavy atom. The van der Waals surface area contributed by atoms with Crippen molar-refractivity contribution in [1.82, 2.24) is 9.78 Å². The molecule has 0 unspecified atom stereocenters. The standard InChI is InChI=1S/C15H17N3O3/c16-11-1-3-12(4-2-11)18-8-5-14(17-18)15(19)21-13-6-9-20-10-7-13/h1-5,8,13H,6-7,9-10,16H2. The fourth-order valence-corrected chi connectivity index (χ4v) is 2.21. The van der Waals surface area contributed by atoms with Crippen LogP contribution in [0.2, 0.25) is 0 Å². The Balaban J connectivity index is 1.69. The Morgan fingerprint density at radius 3 is 2.67 bits per heavy atom.